The van der Waals surface area contributed by atoms with E-state index in [0.29, 0.717) is 0 Å². The first-order valence-electron chi connectivity index (χ1n) is 2.36. The minimum Gasteiger partial charge on any atom is -0.368 e. The van der Waals surface area contributed by atoms with Gasteiger partial charge in [0, 0.05) is 14.1 Å². The summed E-state index contributed by atoms with van der Waals surface area (Å²) in [6.07, 6.45) is 0.0293. The molecule has 0 aromatic carbocycles. The van der Waals surface area contributed by atoms with E-state index in [1.165, 1.54) is 4.40 Å². The van der Waals surface area contributed by atoms with Crippen LogP contribution in [0.15, 0.2) is 4.40 Å². The summed E-state index contributed by atoms with van der Waals surface area (Å²) in [7, 11) is -7.26. The van der Waals surface area contributed by atoms with Gasteiger partial charge in [-0.3, -0.25) is 0 Å². The van der Waals surface area contributed by atoms with Crippen molar-refractivity contribution in [2.75, 3.05) is 14.1 Å². The zero-order valence-electron chi connectivity index (χ0n) is 5.77. The summed E-state index contributed by atoms with van der Waals surface area (Å²) in [6.45, 7) is 0. The Labute approximate surface area is 60.6 Å². The van der Waals surface area contributed by atoms with Gasteiger partial charge in [-0.25, -0.2) is 0 Å². The van der Waals surface area contributed by atoms with Gasteiger partial charge in [0.15, 0.2) is 0 Å². The summed E-state index contributed by atoms with van der Waals surface area (Å²) in [5.74, 6) is 0. The first kappa shape index (κ1) is 10.5. The molecular formula is C3H7F5N2S. The maximum Gasteiger partial charge on any atom is 0.383 e. The van der Waals surface area contributed by atoms with Crippen LogP contribution < -0.4 is 0 Å². The average molecular weight is 198 g/mol. The lowest BCUT2D eigenvalue weighted by molar-refractivity contribution is 0.366. The number of nitrogens with zero attached hydrogens (tertiary/aromatic N) is 2. The van der Waals surface area contributed by atoms with E-state index in [9.17, 15) is 19.4 Å². The Morgan fingerprint density at radius 2 is 1.45 bits per heavy atom. The number of hydrogen-bond donors (Lipinski definition) is 0. The maximum atomic E-state index is 11.4. The SMILES string of the molecule is CN(C)/C=N/S(F)(F)(F)(F)F. The predicted molar refractivity (Wildman–Crippen MR) is 35.3 cm³/mol. The molecular weight excluding hydrogens is 191 g/mol. The van der Waals surface area contributed by atoms with Crippen molar-refractivity contribution in [3.05, 3.63) is 0 Å². The molecule has 0 unspecified atom stereocenters. The third-order valence-electron chi connectivity index (χ3n) is 0.477. The summed E-state index contributed by atoms with van der Waals surface area (Å²) in [5.41, 5.74) is 0. The van der Waals surface area contributed by atoms with Crippen LogP contribution >= 0.6 is 10.4 Å². The molecule has 8 heteroatoms. The lowest BCUT2D eigenvalue weighted by Gasteiger charge is -2.34. The van der Waals surface area contributed by atoms with Crippen molar-refractivity contribution in [3.8, 4) is 0 Å². The highest BCUT2D eigenvalue weighted by Gasteiger charge is 2.63. The monoisotopic (exact) mass is 198 g/mol. The molecule has 0 N–H and O–H groups in total. The first-order valence-corrected chi connectivity index (χ1v) is 4.27. The van der Waals surface area contributed by atoms with Crippen molar-refractivity contribution in [2.24, 2.45) is 4.40 Å². The first-order chi connectivity index (χ1) is 4.39. The van der Waals surface area contributed by atoms with Gasteiger partial charge in [-0.15, -0.1) is 4.40 Å². The van der Waals surface area contributed by atoms with Crippen LogP contribution in [0.5, 0.6) is 0 Å². The second-order valence-electron chi connectivity index (χ2n) is 2.11. The summed E-state index contributed by atoms with van der Waals surface area (Å²) in [6, 6.07) is 0. The van der Waals surface area contributed by atoms with E-state index in [4.69, 9.17) is 0 Å². The fraction of sp³-hybridized carbons (Fsp3) is 0.667. The van der Waals surface area contributed by atoms with Crippen molar-refractivity contribution in [2.45, 2.75) is 0 Å². The van der Waals surface area contributed by atoms with Gasteiger partial charge in [-0.2, -0.15) is 0 Å². The Morgan fingerprint density at radius 3 is 1.55 bits per heavy atom. The van der Waals surface area contributed by atoms with E-state index in [-0.39, 0.29) is 6.34 Å². The highest BCUT2D eigenvalue weighted by atomic mass is 32.5. The van der Waals surface area contributed by atoms with Gasteiger partial charge in [0.2, 0.25) is 0 Å². The second-order valence-corrected chi connectivity index (χ2v) is 4.18. The molecule has 0 bridgehead atoms. The van der Waals surface area contributed by atoms with E-state index < -0.39 is 10.4 Å². The van der Waals surface area contributed by atoms with Gasteiger partial charge in [0.1, 0.15) is 6.34 Å². The highest BCUT2D eigenvalue weighted by molar-refractivity contribution is 8.44. The Morgan fingerprint density at radius 1 is 1.09 bits per heavy atom. The van der Waals surface area contributed by atoms with Crippen molar-refractivity contribution in [3.63, 3.8) is 0 Å². The molecule has 0 rings (SSSR count). The van der Waals surface area contributed by atoms with Crippen molar-refractivity contribution in [1.82, 2.24) is 4.90 Å². The van der Waals surface area contributed by atoms with Crippen LogP contribution in [0.2, 0.25) is 0 Å². The third kappa shape index (κ3) is 9.47. The Bertz CT molecular complexity index is 177. The van der Waals surface area contributed by atoms with E-state index in [1.807, 2.05) is 0 Å². The molecule has 0 saturated carbocycles. The molecule has 0 amide bonds. The third-order valence-corrected chi connectivity index (χ3v) is 0.970. The lowest BCUT2D eigenvalue weighted by atomic mass is 11.0. The molecule has 0 radical (unpaired) electrons. The van der Waals surface area contributed by atoms with Crippen LogP contribution in [0, 0.1) is 0 Å². The average Bonchev–Trinajstić information content (AvgIpc) is 1.56. The molecule has 11 heavy (non-hydrogen) atoms. The van der Waals surface area contributed by atoms with Gasteiger partial charge in [0.25, 0.3) is 0 Å². The Balaban J connectivity index is 4.64. The molecule has 0 aromatic heterocycles. The minimum absolute atomic E-state index is 0.0293. The molecule has 0 aliphatic heterocycles. The van der Waals surface area contributed by atoms with Gasteiger partial charge in [0.05, 0.1) is 0 Å². The molecule has 0 spiro atoms. The van der Waals surface area contributed by atoms with Gasteiger partial charge < -0.3 is 4.90 Å². The largest absolute Gasteiger partial charge is 0.383 e. The van der Waals surface area contributed by atoms with Crippen LogP contribution in [0.4, 0.5) is 19.4 Å². The zero-order valence-corrected chi connectivity index (χ0v) is 6.59. The molecule has 0 heterocycles. The molecule has 0 fully saturated rings. The fourth-order valence-corrected chi connectivity index (χ4v) is 0.550. The maximum absolute atomic E-state index is 11.4. The number of rotatable bonds is 2. The summed E-state index contributed by atoms with van der Waals surface area (Å²) < 4.78 is 58.1. The van der Waals surface area contributed by atoms with Gasteiger partial charge in [-0.1, -0.05) is 19.4 Å². The number of hydrogen-bond acceptors (Lipinski definition) is 1. The zero-order chi connectivity index (χ0) is 9.40. The van der Waals surface area contributed by atoms with Gasteiger partial charge in [-0.05, 0) is 0 Å². The molecule has 0 aromatic rings. The van der Waals surface area contributed by atoms with E-state index in [2.05, 4.69) is 0 Å². The predicted octanol–water partition coefficient (Wildman–Crippen LogP) is 2.79. The second kappa shape index (κ2) is 1.79. The summed E-state index contributed by atoms with van der Waals surface area (Å²) >= 11 is 0. The highest BCUT2D eigenvalue weighted by Crippen LogP contribution is 2.98. The molecule has 0 aliphatic carbocycles. The lowest BCUT2D eigenvalue weighted by Crippen LogP contribution is -2.11. The number of halogens is 5. The van der Waals surface area contributed by atoms with Crippen LogP contribution in [0.1, 0.15) is 0 Å². The van der Waals surface area contributed by atoms with Gasteiger partial charge >= 0.3 is 10.4 Å². The van der Waals surface area contributed by atoms with E-state index in [0.717, 1.165) is 19.0 Å². The fourth-order valence-electron chi connectivity index (χ4n) is 0.183. The summed E-state index contributed by atoms with van der Waals surface area (Å²) in [4.78, 5) is 0.776. The smallest absolute Gasteiger partial charge is 0.368 e. The van der Waals surface area contributed by atoms with Crippen molar-refractivity contribution in [1.29, 1.82) is 0 Å². The minimum atomic E-state index is -9.57. The topological polar surface area (TPSA) is 15.6 Å². The van der Waals surface area contributed by atoms with Crippen molar-refractivity contribution < 1.29 is 19.4 Å². The normalized spacial score (nSPS) is 19.5. The standard InChI is InChI=1S/C3H7F5N2S/c1-10(2)3-9-11(4,5,6,7)8/h3H,1-2H3/b9-3+. The van der Waals surface area contributed by atoms with Crippen LogP contribution in [0.25, 0.3) is 0 Å². The van der Waals surface area contributed by atoms with Crippen LogP contribution in [-0.4, -0.2) is 25.3 Å². The quantitative estimate of drug-likeness (QED) is 0.378. The van der Waals surface area contributed by atoms with Crippen molar-refractivity contribution >= 4 is 16.7 Å². The van der Waals surface area contributed by atoms with Crippen LogP contribution in [-0.2, 0) is 0 Å². The molecule has 0 saturated heterocycles. The molecule has 70 valence electrons. The Kier molecular flexibility index (Phi) is 1.71. The van der Waals surface area contributed by atoms with E-state index in [1.54, 1.807) is 0 Å². The molecule has 0 atom stereocenters. The Hall–Kier alpha value is -0.530. The summed E-state index contributed by atoms with van der Waals surface area (Å²) in [5, 5.41) is 0. The molecule has 2 nitrogen and oxygen atoms in total. The van der Waals surface area contributed by atoms with E-state index >= 15 is 0 Å². The molecule has 0 aliphatic rings. The van der Waals surface area contributed by atoms with Crippen LogP contribution in [0.3, 0.4) is 0 Å².